The van der Waals surface area contributed by atoms with Crippen molar-refractivity contribution < 1.29 is 29.1 Å². The number of phenols is 1. The van der Waals surface area contributed by atoms with Gasteiger partial charge in [0.2, 0.25) is 7.37 Å². The van der Waals surface area contributed by atoms with Gasteiger partial charge in [0.1, 0.15) is 30.0 Å². The number of aliphatic hydroxyl groups is 1. The lowest BCUT2D eigenvalue weighted by Gasteiger charge is -2.43. The molecule has 0 heterocycles. The van der Waals surface area contributed by atoms with E-state index in [1.807, 2.05) is 18.2 Å². The van der Waals surface area contributed by atoms with E-state index < -0.39 is 13.5 Å². The smallest absolute Gasteiger partial charge is 0.240 e. The van der Waals surface area contributed by atoms with Crippen LogP contribution in [0.5, 0.6) is 17.2 Å². The van der Waals surface area contributed by atoms with Crippen LogP contribution in [0.2, 0.25) is 0 Å². The van der Waals surface area contributed by atoms with Crippen LogP contribution in [0.3, 0.4) is 0 Å². The zero-order valence-corrected chi connectivity index (χ0v) is 22.7. The maximum absolute atomic E-state index is 13.3. The zero-order valence-electron chi connectivity index (χ0n) is 21.8. The lowest BCUT2D eigenvalue weighted by Crippen LogP contribution is -2.47. The highest BCUT2D eigenvalue weighted by atomic mass is 31.2. The van der Waals surface area contributed by atoms with E-state index in [9.17, 15) is 19.7 Å². The van der Waals surface area contributed by atoms with Gasteiger partial charge < -0.3 is 29.9 Å². The van der Waals surface area contributed by atoms with E-state index in [2.05, 4.69) is 33.0 Å². The average molecular weight is 520 g/mol. The maximum atomic E-state index is 13.3. The number of hydrogen-bond acceptors (Lipinski definition) is 6. The first-order valence-electron chi connectivity index (χ1n) is 12.8. The molecule has 6 atom stereocenters. The summed E-state index contributed by atoms with van der Waals surface area (Å²) in [5.41, 5.74) is -0.470. The van der Waals surface area contributed by atoms with Gasteiger partial charge in [0.15, 0.2) is 6.35 Å². The number of ether oxygens (including phenoxy) is 2. The van der Waals surface area contributed by atoms with Crippen LogP contribution in [-0.4, -0.2) is 51.9 Å². The first-order valence-corrected chi connectivity index (χ1v) is 14.7. The van der Waals surface area contributed by atoms with Gasteiger partial charge in [-0.1, -0.05) is 32.0 Å². The van der Waals surface area contributed by atoms with E-state index >= 15 is 0 Å². The molecule has 2 aromatic rings. The van der Waals surface area contributed by atoms with Crippen molar-refractivity contribution in [3.8, 4) is 17.2 Å². The Balaban J connectivity index is 1.46. The monoisotopic (exact) mass is 519 g/mol. The summed E-state index contributed by atoms with van der Waals surface area (Å²) in [6.07, 6.45) is 1.87. The molecule has 0 spiro atoms. The number of hydrogen-bond donors (Lipinski definition) is 4. The number of benzene rings is 2. The molecule has 0 bridgehead atoms. The molecule has 0 aliphatic heterocycles. The summed E-state index contributed by atoms with van der Waals surface area (Å²) in [5, 5.41) is 23.2. The molecule has 0 aromatic heterocycles. The minimum absolute atomic E-state index is 0.119. The van der Waals surface area contributed by atoms with Crippen molar-refractivity contribution in [1.82, 2.24) is 5.32 Å². The topological polar surface area (TPSA) is 108 Å². The summed E-state index contributed by atoms with van der Waals surface area (Å²) >= 11 is 0. The summed E-state index contributed by atoms with van der Waals surface area (Å²) in [7, 11) is -3.48. The lowest BCUT2D eigenvalue weighted by atomic mass is 9.72. The van der Waals surface area contributed by atoms with E-state index in [4.69, 9.17) is 9.47 Å². The summed E-state index contributed by atoms with van der Waals surface area (Å²) in [4.78, 5) is 10.9. The predicted molar refractivity (Wildman–Crippen MR) is 143 cm³/mol. The summed E-state index contributed by atoms with van der Waals surface area (Å²) in [6, 6.07) is 15.6. The molecule has 0 radical (unpaired) electrons. The number of aliphatic hydroxyl groups excluding tert-OH is 1. The number of nitrogens with one attached hydrogen (secondary N) is 1. The van der Waals surface area contributed by atoms with Crippen LogP contribution in [0, 0.1) is 17.8 Å². The van der Waals surface area contributed by atoms with Gasteiger partial charge in [-0.05, 0) is 87.3 Å². The maximum Gasteiger partial charge on any atom is 0.240 e. The number of rotatable bonds is 12. The van der Waals surface area contributed by atoms with Crippen LogP contribution in [0.25, 0.3) is 0 Å². The SMILES string of the molecule is CC1CC(CC(C)(C)NCC(O)COc2ccc(O)cc2)C[C@H](C)C1P(=O)(O)COc1ccccc1. The molecule has 7 nitrogen and oxygen atoms in total. The molecule has 1 aliphatic rings. The molecule has 1 aliphatic carbocycles. The molecule has 0 saturated heterocycles. The fraction of sp³-hybridized carbons (Fsp3) is 0.571. The van der Waals surface area contributed by atoms with E-state index in [0.29, 0.717) is 24.0 Å². The lowest BCUT2D eigenvalue weighted by molar-refractivity contribution is 0.0930. The molecule has 36 heavy (non-hydrogen) atoms. The summed E-state index contributed by atoms with van der Waals surface area (Å²) in [5.74, 6) is 2.05. The second-order valence-electron chi connectivity index (χ2n) is 11.1. The third-order valence-corrected chi connectivity index (χ3v) is 9.54. The van der Waals surface area contributed by atoms with Crippen molar-refractivity contribution in [2.45, 2.75) is 64.3 Å². The zero-order chi connectivity index (χ0) is 26.3. The fourth-order valence-electron chi connectivity index (χ4n) is 5.70. The summed E-state index contributed by atoms with van der Waals surface area (Å²) in [6.45, 7) is 8.99. The normalized spacial score (nSPS) is 25.1. The Bertz CT molecular complexity index is 971. The van der Waals surface area contributed by atoms with Gasteiger partial charge in [-0.3, -0.25) is 4.57 Å². The Morgan fingerprint density at radius 1 is 1.00 bits per heavy atom. The van der Waals surface area contributed by atoms with Gasteiger partial charge >= 0.3 is 0 Å². The largest absolute Gasteiger partial charge is 0.508 e. The van der Waals surface area contributed by atoms with Crippen molar-refractivity contribution in [3.05, 3.63) is 54.6 Å². The van der Waals surface area contributed by atoms with Crippen molar-refractivity contribution in [3.63, 3.8) is 0 Å². The molecule has 1 saturated carbocycles. The first-order chi connectivity index (χ1) is 16.9. The van der Waals surface area contributed by atoms with Gasteiger partial charge in [0.25, 0.3) is 0 Å². The van der Waals surface area contributed by atoms with Crippen molar-refractivity contribution in [1.29, 1.82) is 0 Å². The number of β-amino-alcohol motifs (C(OH)–C–C–N with tert-alkyl or cyclic N) is 1. The second-order valence-corrected chi connectivity index (χ2v) is 13.4. The standard InChI is InChI=1S/C28H42NO6P/c1-20-14-22(15-21(2)27(20)36(32,33)19-35-25-8-6-5-7-9-25)16-28(3,4)29-17-24(31)18-34-26-12-10-23(30)11-13-26/h5-13,20-22,24,27,29-31H,14-19H2,1-4H3,(H,32,33)/t20-,21?,22?,24?,27?/m0/s1. The fourth-order valence-corrected chi connectivity index (χ4v) is 8.04. The molecule has 4 N–H and O–H groups in total. The second kappa shape index (κ2) is 12.5. The molecule has 5 unspecified atom stereocenters. The Hall–Kier alpha value is -2.05. The number of para-hydroxylation sites is 1. The predicted octanol–water partition coefficient (Wildman–Crippen LogP) is 5.25. The molecule has 200 valence electrons. The van der Waals surface area contributed by atoms with Crippen LogP contribution in [0.4, 0.5) is 0 Å². The van der Waals surface area contributed by atoms with Gasteiger partial charge in [-0.2, -0.15) is 0 Å². The number of phenolic OH excluding ortho intramolecular Hbond substituents is 1. The highest BCUT2D eigenvalue weighted by Gasteiger charge is 2.45. The molecule has 3 rings (SSSR count). The average Bonchev–Trinajstić information content (AvgIpc) is 2.81. The Labute approximate surface area is 215 Å². The third-order valence-electron chi connectivity index (χ3n) is 7.10. The van der Waals surface area contributed by atoms with Gasteiger partial charge in [-0.15, -0.1) is 0 Å². The van der Waals surface area contributed by atoms with Gasteiger partial charge in [0, 0.05) is 17.7 Å². The highest BCUT2D eigenvalue weighted by molar-refractivity contribution is 7.58. The van der Waals surface area contributed by atoms with Crippen LogP contribution >= 0.6 is 7.37 Å². The minimum Gasteiger partial charge on any atom is -0.508 e. The number of aromatic hydroxyl groups is 1. The molecular formula is C28H42NO6P. The molecule has 8 heteroatoms. The Morgan fingerprint density at radius 3 is 2.19 bits per heavy atom. The molecule has 1 fully saturated rings. The third kappa shape index (κ3) is 8.52. The van der Waals surface area contributed by atoms with E-state index in [1.54, 1.807) is 36.4 Å². The first kappa shape index (κ1) is 28.5. The molecule has 2 aromatic carbocycles. The Kier molecular flexibility index (Phi) is 9.87. The van der Waals surface area contributed by atoms with Crippen molar-refractivity contribution >= 4 is 7.37 Å². The van der Waals surface area contributed by atoms with Crippen LogP contribution in [0.1, 0.15) is 47.0 Å². The molecular weight excluding hydrogens is 477 g/mol. The van der Waals surface area contributed by atoms with Crippen LogP contribution < -0.4 is 14.8 Å². The van der Waals surface area contributed by atoms with Crippen LogP contribution in [-0.2, 0) is 4.57 Å². The van der Waals surface area contributed by atoms with E-state index in [0.717, 1.165) is 19.3 Å². The van der Waals surface area contributed by atoms with Crippen molar-refractivity contribution in [2.75, 3.05) is 19.5 Å². The quantitative estimate of drug-likeness (QED) is 0.284. The van der Waals surface area contributed by atoms with Crippen LogP contribution in [0.15, 0.2) is 54.6 Å². The van der Waals surface area contributed by atoms with Crippen molar-refractivity contribution in [2.24, 2.45) is 17.8 Å². The highest BCUT2D eigenvalue weighted by Crippen LogP contribution is 2.57. The van der Waals surface area contributed by atoms with Gasteiger partial charge in [-0.25, -0.2) is 0 Å². The summed E-state index contributed by atoms with van der Waals surface area (Å²) < 4.78 is 24.5. The molecule has 0 amide bonds. The van der Waals surface area contributed by atoms with E-state index in [1.165, 1.54) is 0 Å². The minimum atomic E-state index is -3.48. The van der Waals surface area contributed by atoms with Gasteiger partial charge in [0.05, 0.1) is 0 Å². The van der Waals surface area contributed by atoms with E-state index in [-0.39, 0.29) is 41.7 Å². The Morgan fingerprint density at radius 2 is 1.58 bits per heavy atom.